The van der Waals surface area contributed by atoms with Gasteiger partial charge in [-0.15, -0.1) is 12.4 Å². The van der Waals surface area contributed by atoms with Crippen LogP contribution in [0.3, 0.4) is 0 Å². The van der Waals surface area contributed by atoms with Crippen LogP contribution in [0.15, 0.2) is 24.3 Å². The van der Waals surface area contributed by atoms with Crippen molar-refractivity contribution in [3.8, 4) is 0 Å². The number of benzene rings is 1. The van der Waals surface area contributed by atoms with Crippen LogP contribution in [0.4, 0.5) is 0 Å². The van der Waals surface area contributed by atoms with Gasteiger partial charge in [0.15, 0.2) is 0 Å². The molecule has 1 aromatic carbocycles. The Bertz CT molecular complexity index is 570. The van der Waals surface area contributed by atoms with E-state index in [0.717, 1.165) is 24.9 Å². The zero-order chi connectivity index (χ0) is 16.4. The molecule has 134 valence electrons. The Morgan fingerprint density at radius 1 is 1.33 bits per heavy atom. The Kier molecular flexibility index (Phi) is 6.93. The Morgan fingerprint density at radius 3 is 2.79 bits per heavy atom. The summed E-state index contributed by atoms with van der Waals surface area (Å²) in [5.74, 6) is 0.393. The van der Waals surface area contributed by atoms with Crippen molar-refractivity contribution in [1.29, 1.82) is 0 Å². The highest BCUT2D eigenvalue weighted by molar-refractivity contribution is 6.31. The molecule has 1 amide bonds. The lowest BCUT2D eigenvalue weighted by molar-refractivity contribution is -0.150. The third-order valence-electron chi connectivity index (χ3n) is 4.94. The van der Waals surface area contributed by atoms with Gasteiger partial charge in [0.1, 0.15) is 6.10 Å². The summed E-state index contributed by atoms with van der Waals surface area (Å²) in [6.45, 7) is 6.27. The first-order valence-corrected chi connectivity index (χ1v) is 8.84. The Labute approximate surface area is 155 Å². The van der Waals surface area contributed by atoms with Crippen LogP contribution in [0.2, 0.25) is 5.02 Å². The summed E-state index contributed by atoms with van der Waals surface area (Å²) in [6, 6.07) is 8.26. The average Bonchev–Trinajstić information content (AvgIpc) is 2.55. The molecule has 1 N–H and O–H groups in total. The molecule has 0 bridgehead atoms. The lowest BCUT2D eigenvalue weighted by Gasteiger charge is -2.41. The van der Waals surface area contributed by atoms with Crippen LogP contribution in [0.5, 0.6) is 0 Å². The van der Waals surface area contributed by atoms with Gasteiger partial charge in [-0.2, -0.15) is 0 Å². The summed E-state index contributed by atoms with van der Waals surface area (Å²) in [5.41, 5.74) is 0.970. The highest BCUT2D eigenvalue weighted by Gasteiger charge is 2.35. The zero-order valence-corrected chi connectivity index (χ0v) is 15.8. The first-order valence-electron chi connectivity index (χ1n) is 8.46. The minimum absolute atomic E-state index is 0. The fourth-order valence-electron chi connectivity index (χ4n) is 3.58. The lowest BCUT2D eigenvalue weighted by Crippen LogP contribution is -2.52. The standard InChI is InChI=1S/C18H25ClN2O2.ClH/c1-12-9-14(7-8-20-12)18(22)21-10-17(23-11-13(21)2)15-5-3-4-6-16(15)19;/h3-6,12-14,17,20H,7-11H2,1-2H3;1H/t12-,13?,14-,17?;/m0./s1. The number of ether oxygens (including phenoxy) is 1. The summed E-state index contributed by atoms with van der Waals surface area (Å²) in [4.78, 5) is 15.0. The number of hydrogen-bond donors (Lipinski definition) is 1. The van der Waals surface area contributed by atoms with E-state index in [2.05, 4.69) is 19.2 Å². The number of hydrogen-bond acceptors (Lipinski definition) is 3. The van der Waals surface area contributed by atoms with Gasteiger partial charge >= 0.3 is 0 Å². The van der Waals surface area contributed by atoms with Gasteiger partial charge in [-0.3, -0.25) is 4.79 Å². The molecule has 0 spiro atoms. The molecule has 3 rings (SSSR count). The summed E-state index contributed by atoms with van der Waals surface area (Å²) >= 11 is 6.30. The van der Waals surface area contributed by atoms with Crippen LogP contribution in [0, 0.1) is 5.92 Å². The average molecular weight is 373 g/mol. The Morgan fingerprint density at radius 2 is 2.08 bits per heavy atom. The molecule has 0 saturated carbocycles. The highest BCUT2D eigenvalue weighted by Crippen LogP contribution is 2.31. The topological polar surface area (TPSA) is 41.6 Å². The largest absolute Gasteiger partial charge is 0.369 e. The molecule has 2 heterocycles. The molecule has 2 saturated heterocycles. The molecule has 4 atom stereocenters. The molecule has 4 nitrogen and oxygen atoms in total. The number of carbonyl (C=O) groups excluding carboxylic acids is 1. The molecule has 2 aliphatic rings. The number of piperidine rings is 1. The van der Waals surface area contributed by atoms with Crippen molar-refractivity contribution in [1.82, 2.24) is 10.2 Å². The van der Waals surface area contributed by atoms with Crippen LogP contribution in [0.25, 0.3) is 0 Å². The highest BCUT2D eigenvalue weighted by atomic mass is 35.5. The first-order chi connectivity index (χ1) is 11.1. The van der Waals surface area contributed by atoms with E-state index in [1.54, 1.807) is 0 Å². The van der Waals surface area contributed by atoms with E-state index in [-0.39, 0.29) is 36.4 Å². The van der Waals surface area contributed by atoms with Crippen molar-refractivity contribution in [2.45, 2.75) is 44.9 Å². The van der Waals surface area contributed by atoms with E-state index >= 15 is 0 Å². The number of nitrogens with zero attached hydrogens (tertiary/aromatic N) is 1. The van der Waals surface area contributed by atoms with Gasteiger partial charge < -0.3 is 15.0 Å². The molecule has 6 heteroatoms. The Hall–Kier alpha value is -0.810. The fourth-order valence-corrected chi connectivity index (χ4v) is 3.84. The summed E-state index contributed by atoms with van der Waals surface area (Å²) in [7, 11) is 0. The van der Waals surface area contributed by atoms with Crippen LogP contribution >= 0.6 is 24.0 Å². The van der Waals surface area contributed by atoms with Gasteiger partial charge in [0.2, 0.25) is 5.91 Å². The van der Waals surface area contributed by atoms with E-state index in [0.29, 0.717) is 24.2 Å². The molecule has 1 aromatic rings. The molecule has 2 fully saturated rings. The molecule has 2 unspecified atom stereocenters. The molecule has 2 aliphatic heterocycles. The SMILES string of the molecule is CC1COC(c2ccccc2Cl)CN1C(=O)[C@H]1CCN[C@@H](C)C1.Cl. The minimum atomic E-state index is -0.136. The normalized spacial score (nSPS) is 30.5. The molecule has 0 aliphatic carbocycles. The van der Waals surface area contributed by atoms with Crippen molar-refractivity contribution in [2.24, 2.45) is 5.92 Å². The van der Waals surface area contributed by atoms with Gasteiger partial charge in [0, 0.05) is 22.5 Å². The number of morpholine rings is 1. The van der Waals surface area contributed by atoms with E-state index < -0.39 is 0 Å². The van der Waals surface area contributed by atoms with E-state index in [1.807, 2.05) is 29.2 Å². The smallest absolute Gasteiger partial charge is 0.226 e. The summed E-state index contributed by atoms with van der Waals surface area (Å²) in [6.07, 6.45) is 1.70. The quantitative estimate of drug-likeness (QED) is 0.864. The second kappa shape index (κ2) is 8.52. The third-order valence-corrected chi connectivity index (χ3v) is 5.29. The van der Waals surface area contributed by atoms with Crippen molar-refractivity contribution in [3.63, 3.8) is 0 Å². The second-order valence-corrected chi connectivity index (χ2v) is 7.17. The van der Waals surface area contributed by atoms with Gasteiger partial charge in [-0.25, -0.2) is 0 Å². The number of rotatable bonds is 2. The number of amides is 1. The maximum absolute atomic E-state index is 13.0. The summed E-state index contributed by atoms with van der Waals surface area (Å²) < 4.78 is 5.96. The van der Waals surface area contributed by atoms with Crippen LogP contribution in [-0.2, 0) is 9.53 Å². The first kappa shape index (κ1) is 19.5. The van der Waals surface area contributed by atoms with Gasteiger partial charge in [0.05, 0.1) is 19.2 Å². The van der Waals surface area contributed by atoms with Crippen LogP contribution < -0.4 is 5.32 Å². The molecular formula is C18H26Cl2N2O2. The van der Waals surface area contributed by atoms with E-state index in [1.165, 1.54) is 0 Å². The lowest BCUT2D eigenvalue weighted by atomic mass is 9.91. The van der Waals surface area contributed by atoms with Crippen molar-refractivity contribution >= 4 is 29.9 Å². The number of halogens is 2. The maximum atomic E-state index is 13.0. The minimum Gasteiger partial charge on any atom is -0.369 e. The fraction of sp³-hybridized carbons (Fsp3) is 0.611. The predicted molar refractivity (Wildman–Crippen MR) is 98.8 cm³/mol. The Balaban J connectivity index is 0.00000208. The number of carbonyl (C=O) groups is 1. The number of nitrogens with one attached hydrogen (secondary N) is 1. The van der Waals surface area contributed by atoms with Crippen molar-refractivity contribution in [3.05, 3.63) is 34.9 Å². The molecule has 0 radical (unpaired) electrons. The predicted octanol–water partition coefficient (Wildman–Crippen LogP) is 3.44. The zero-order valence-electron chi connectivity index (χ0n) is 14.2. The molecular weight excluding hydrogens is 347 g/mol. The maximum Gasteiger partial charge on any atom is 0.226 e. The summed E-state index contributed by atoms with van der Waals surface area (Å²) in [5, 5.41) is 4.11. The van der Waals surface area contributed by atoms with Crippen LogP contribution in [0.1, 0.15) is 38.4 Å². The van der Waals surface area contributed by atoms with Gasteiger partial charge in [0.25, 0.3) is 0 Å². The van der Waals surface area contributed by atoms with E-state index in [9.17, 15) is 4.79 Å². The molecule has 0 aromatic heterocycles. The van der Waals surface area contributed by atoms with Gasteiger partial charge in [-0.1, -0.05) is 29.8 Å². The second-order valence-electron chi connectivity index (χ2n) is 6.76. The van der Waals surface area contributed by atoms with Gasteiger partial charge in [-0.05, 0) is 39.3 Å². The molecule has 24 heavy (non-hydrogen) atoms. The third kappa shape index (κ3) is 4.23. The van der Waals surface area contributed by atoms with E-state index in [4.69, 9.17) is 16.3 Å². The van der Waals surface area contributed by atoms with Crippen LogP contribution in [-0.4, -0.2) is 42.6 Å². The van der Waals surface area contributed by atoms with Crippen molar-refractivity contribution < 1.29 is 9.53 Å². The van der Waals surface area contributed by atoms with Crippen molar-refractivity contribution in [2.75, 3.05) is 19.7 Å². The monoisotopic (exact) mass is 372 g/mol.